The van der Waals surface area contributed by atoms with E-state index in [1.54, 1.807) is 31.2 Å². The first-order valence-electron chi connectivity index (χ1n) is 5.76. The molecule has 0 aliphatic carbocycles. The number of hydrogen-bond acceptors (Lipinski definition) is 4. The lowest BCUT2D eigenvalue weighted by molar-refractivity contribution is 0.381. The van der Waals surface area contributed by atoms with Crippen LogP contribution in [0, 0.1) is 11.3 Å². The second-order valence-corrected chi connectivity index (χ2v) is 4.18. The zero-order valence-corrected chi connectivity index (χ0v) is 10.4. The van der Waals surface area contributed by atoms with Crippen LogP contribution in [0.25, 0.3) is 11.1 Å². The normalized spacial score (nSPS) is 11.8. The predicted octanol–water partition coefficient (Wildman–Crippen LogP) is 1.57. The second-order valence-electron chi connectivity index (χ2n) is 4.18. The SMILES string of the molecule is CC(N)n1c(O)c(C#N)c(-c2ccccc2)cc1=O. The van der Waals surface area contributed by atoms with Gasteiger partial charge in [-0.2, -0.15) is 5.26 Å². The second kappa shape index (κ2) is 4.96. The molecule has 1 unspecified atom stereocenters. The zero-order valence-electron chi connectivity index (χ0n) is 10.4. The van der Waals surface area contributed by atoms with Crippen LogP contribution in [0.3, 0.4) is 0 Å². The van der Waals surface area contributed by atoms with Gasteiger partial charge in [-0.15, -0.1) is 0 Å². The van der Waals surface area contributed by atoms with E-state index in [2.05, 4.69) is 0 Å². The molecule has 0 saturated carbocycles. The van der Waals surface area contributed by atoms with Crippen molar-refractivity contribution in [2.45, 2.75) is 13.1 Å². The first kappa shape index (κ1) is 12.9. The van der Waals surface area contributed by atoms with E-state index in [4.69, 9.17) is 5.73 Å². The molecule has 0 aliphatic heterocycles. The highest BCUT2D eigenvalue weighted by molar-refractivity contribution is 5.72. The lowest BCUT2D eigenvalue weighted by Crippen LogP contribution is -2.28. The lowest BCUT2D eigenvalue weighted by Gasteiger charge is -2.15. The van der Waals surface area contributed by atoms with Crippen LogP contribution in [0.15, 0.2) is 41.2 Å². The number of nitrogens with two attached hydrogens (primary N) is 1. The van der Waals surface area contributed by atoms with Gasteiger partial charge in [0.2, 0.25) is 5.88 Å². The number of nitrogens with zero attached hydrogens (tertiary/aromatic N) is 2. The van der Waals surface area contributed by atoms with Gasteiger partial charge in [-0.3, -0.25) is 9.36 Å². The molecule has 1 aromatic carbocycles. The first-order chi connectivity index (χ1) is 9.06. The van der Waals surface area contributed by atoms with Crippen LogP contribution in [-0.4, -0.2) is 9.67 Å². The molecule has 0 radical (unpaired) electrons. The highest BCUT2D eigenvalue weighted by Crippen LogP contribution is 2.28. The molecule has 1 heterocycles. The molecule has 1 aromatic heterocycles. The number of benzene rings is 1. The van der Waals surface area contributed by atoms with E-state index in [9.17, 15) is 15.2 Å². The molecule has 0 spiro atoms. The minimum Gasteiger partial charge on any atom is -0.493 e. The Labute approximate surface area is 110 Å². The number of pyridine rings is 1. The fourth-order valence-electron chi connectivity index (χ4n) is 1.96. The fraction of sp³-hybridized carbons (Fsp3) is 0.143. The van der Waals surface area contributed by atoms with Crippen LogP contribution in [0.4, 0.5) is 0 Å². The summed E-state index contributed by atoms with van der Waals surface area (Å²) < 4.78 is 0.991. The summed E-state index contributed by atoms with van der Waals surface area (Å²) in [5.41, 5.74) is 6.33. The van der Waals surface area contributed by atoms with E-state index in [1.807, 2.05) is 12.1 Å². The molecule has 5 heteroatoms. The van der Waals surface area contributed by atoms with Gasteiger partial charge in [-0.05, 0) is 12.5 Å². The van der Waals surface area contributed by atoms with Crippen molar-refractivity contribution < 1.29 is 5.11 Å². The molecular weight excluding hydrogens is 242 g/mol. The van der Waals surface area contributed by atoms with Crippen LogP contribution in [0.2, 0.25) is 0 Å². The fourth-order valence-corrected chi connectivity index (χ4v) is 1.96. The van der Waals surface area contributed by atoms with Crippen LogP contribution < -0.4 is 11.3 Å². The maximum absolute atomic E-state index is 12.0. The summed E-state index contributed by atoms with van der Waals surface area (Å²) in [6, 6.07) is 12.2. The monoisotopic (exact) mass is 255 g/mol. The molecule has 0 amide bonds. The summed E-state index contributed by atoms with van der Waals surface area (Å²) in [4.78, 5) is 12.0. The van der Waals surface area contributed by atoms with E-state index in [1.165, 1.54) is 6.07 Å². The van der Waals surface area contributed by atoms with Crippen molar-refractivity contribution in [2.75, 3.05) is 0 Å². The van der Waals surface area contributed by atoms with Gasteiger partial charge in [-0.25, -0.2) is 0 Å². The summed E-state index contributed by atoms with van der Waals surface area (Å²) in [7, 11) is 0. The average Bonchev–Trinajstić information content (AvgIpc) is 2.38. The van der Waals surface area contributed by atoms with Crippen molar-refractivity contribution in [2.24, 2.45) is 5.73 Å². The van der Waals surface area contributed by atoms with Crippen LogP contribution >= 0.6 is 0 Å². The minimum atomic E-state index is -0.704. The molecule has 5 nitrogen and oxygen atoms in total. The Bertz CT molecular complexity index is 697. The first-order valence-corrected chi connectivity index (χ1v) is 5.76. The van der Waals surface area contributed by atoms with Crippen molar-refractivity contribution in [3.8, 4) is 23.1 Å². The number of aromatic nitrogens is 1. The molecule has 0 aliphatic rings. The summed E-state index contributed by atoms with van der Waals surface area (Å²) in [6.45, 7) is 1.56. The van der Waals surface area contributed by atoms with Gasteiger partial charge in [0.05, 0.1) is 6.17 Å². The van der Waals surface area contributed by atoms with E-state index < -0.39 is 17.6 Å². The molecular formula is C14H13N3O2. The van der Waals surface area contributed by atoms with Crippen molar-refractivity contribution in [1.82, 2.24) is 4.57 Å². The largest absolute Gasteiger partial charge is 0.493 e. The van der Waals surface area contributed by atoms with Crippen molar-refractivity contribution >= 4 is 0 Å². The Morgan fingerprint density at radius 3 is 2.53 bits per heavy atom. The van der Waals surface area contributed by atoms with Crippen molar-refractivity contribution in [1.29, 1.82) is 5.26 Å². The Kier molecular flexibility index (Phi) is 3.36. The molecule has 2 rings (SSSR count). The van der Waals surface area contributed by atoms with E-state index in [0.29, 0.717) is 11.1 Å². The van der Waals surface area contributed by atoms with Gasteiger partial charge in [0, 0.05) is 11.6 Å². The predicted molar refractivity (Wildman–Crippen MR) is 71.4 cm³/mol. The van der Waals surface area contributed by atoms with Crippen LogP contribution in [-0.2, 0) is 0 Å². The van der Waals surface area contributed by atoms with Gasteiger partial charge in [-0.1, -0.05) is 30.3 Å². The molecule has 0 bridgehead atoms. The number of nitriles is 1. The maximum Gasteiger partial charge on any atom is 0.255 e. The summed E-state index contributed by atoms with van der Waals surface area (Å²) in [5, 5.41) is 19.2. The van der Waals surface area contributed by atoms with Crippen LogP contribution in [0.5, 0.6) is 5.88 Å². The number of hydrogen-bond donors (Lipinski definition) is 2. The molecule has 1 atom stereocenters. The molecule has 3 N–H and O–H groups in total. The third-order valence-electron chi connectivity index (χ3n) is 2.83. The van der Waals surface area contributed by atoms with Crippen molar-refractivity contribution in [3.05, 3.63) is 52.3 Å². The Morgan fingerprint density at radius 1 is 1.37 bits per heavy atom. The minimum absolute atomic E-state index is 0.0445. The van der Waals surface area contributed by atoms with Crippen LogP contribution in [0.1, 0.15) is 18.7 Å². The zero-order chi connectivity index (χ0) is 14.0. The summed E-state index contributed by atoms with van der Waals surface area (Å²) in [6.07, 6.45) is -0.704. The van der Waals surface area contributed by atoms with Gasteiger partial charge in [0.1, 0.15) is 11.6 Å². The molecule has 96 valence electrons. The quantitative estimate of drug-likeness (QED) is 0.851. The number of aromatic hydroxyl groups is 1. The number of rotatable bonds is 2. The Hall–Kier alpha value is -2.58. The third kappa shape index (κ3) is 2.21. The van der Waals surface area contributed by atoms with Gasteiger partial charge in [0.15, 0.2) is 0 Å². The molecule has 0 fully saturated rings. The molecule has 0 saturated heterocycles. The standard InChI is InChI=1S/C14H13N3O2/c1-9(16)17-13(18)7-11(12(8-15)14(17)19)10-5-3-2-4-6-10/h2-7,9,19H,16H2,1H3. The maximum atomic E-state index is 12.0. The lowest BCUT2D eigenvalue weighted by atomic mass is 10.0. The van der Waals surface area contributed by atoms with Gasteiger partial charge >= 0.3 is 0 Å². The third-order valence-corrected chi connectivity index (χ3v) is 2.83. The topological polar surface area (TPSA) is 92.0 Å². The van der Waals surface area contributed by atoms with Gasteiger partial charge in [0.25, 0.3) is 5.56 Å². The van der Waals surface area contributed by atoms with E-state index in [-0.39, 0.29) is 5.56 Å². The van der Waals surface area contributed by atoms with E-state index in [0.717, 1.165) is 4.57 Å². The Morgan fingerprint density at radius 2 is 2.00 bits per heavy atom. The Balaban J connectivity index is 2.79. The average molecular weight is 255 g/mol. The highest BCUT2D eigenvalue weighted by atomic mass is 16.3. The molecule has 2 aromatic rings. The summed E-state index contributed by atoms with van der Waals surface area (Å²) >= 11 is 0. The highest BCUT2D eigenvalue weighted by Gasteiger charge is 2.17. The summed E-state index contributed by atoms with van der Waals surface area (Å²) in [5.74, 6) is -0.399. The van der Waals surface area contributed by atoms with Crippen molar-refractivity contribution in [3.63, 3.8) is 0 Å². The van der Waals surface area contributed by atoms with Gasteiger partial charge < -0.3 is 10.8 Å². The smallest absolute Gasteiger partial charge is 0.255 e. The molecule has 19 heavy (non-hydrogen) atoms. The van der Waals surface area contributed by atoms with E-state index >= 15 is 0 Å².